The van der Waals surface area contributed by atoms with Crippen molar-refractivity contribution in [3.05, 3.63) is 29.8 Å². The van der Waals surface area contributed by atoms with Crippen molar-refractivity contribution >= 4 is 16.0 Å². The van der Waals surface area contributed by atoms with Crippen molar-refractivity contribution in [2.24, 2.45) is 0 Å². The highest BCUT2D eigenvalue weighted by Gasteiger charge is 2.15. The molecular formula is C10H11F2NO4S. The van der Waals surface area contributed by atoms with E-state index in [0.717, 1.165) is 24.3 Å². The summed E-state index contributed by atoms with van der Waals surface area (Å²) in [5.74, 6) is -1.13. The van der Waals surface area contributed by atoms with Crippen LogP contribution >= 0.6 is 0 Å². The monoisotopic (exact) mass is 279 g/mol. The number of hydrogen-bond donors (Lipinski definition) is 2. The summed E-state index contributed by atoms with van der Waals surface area (Å²) in [6, 6.07) is 4.11. The number of carboxylic acid groups (broad SMARTS) is 1. The Morgan fingerprint density at radius 3 is 2.28 bits per heavy atom. The molecule has 8 heteroatoms. The number of sulfonamides is 1. The molecule has 0 spiro atoms. The minimum absolute atomic E-state index is 0.183. The number of alkyl halides is 2. The van der Waals surface area contributed by atoms with Crippen molar-refractivity contribution in [3.63, 3.8) is 0 Å². The first kappa shape index (κ1) is 14.5. The van der Waals surface area contributed by atoms with Gasteiger partial charge in [-0.25, -0.2) is 21.9 Å². The first-order valence-electron chi connectivity index (χ1n) is 4.92. The standard InChI is InChI=1S/C10H11F2NO4S/c11-10(12)7-1-3-8(4-2-7)18(16,17)13-6-5-9(14)15/h1-4,10,13H,5-6H2,(H,14,15). The zero-order chi connectivity index (χ0) is 13.8. The fourth-order valence-corrected chi connectivity index (χ4v) is 2.20. The molecule has 1 rings (SSSR count). The van der Waals surface area contributed by atoms with E-state index < -0.39 is 22.4 Å². The number of benzene rings is 1. The lowest BCUT2D eigenvalue weighted by atomic mass is 10.2. The average molecular weight is 279 g/mol. The van der Waals surface area contributed by atoms with Gasteiger partial charge in [-0.1, -0.05) is 12.1 Å². The first-order chi connectivity index (χ1) is 8.33. The average Bonchev–Trinajstić information content (AvgIpc) is 2.28. The molecule has 0 saturated carbocycles. The second kappa shape index (κ2) is 5.87. The number of nitrogens with one attached hydrogen (secondary N) is 1. The second-order valence-electron chi connectivity index (χ2n) is 3.41. The molecule has 1 aromatic carbocycles. The van der Waals surface area contributed by atoms with Crippen LogP contribution in [-0.4, -0.2) is 26.0 Å². The van der Waals surface area contributed by atoms with Crippen LogP contribution in [0.4, 0.5) is 8.78 Å². The molecule has 18 heavy (non-hydrogen) atoms. The molecule has 0 bridgehead atoms. The van der Waals surface area contributed by atoms with Crippen molar-refractivity contribution < 1.29 is 27.1 Å². The molecular weight excluding hydrogens is 268 g/mol. The molecule has 2 N–H and O–H groups in total. The van der Waals surface area contributed by atoms with Crippen LogP contribution in [-0.2, 0) is 14.8 Å². The molecule has 5 nitrogen and oxygen atoms in total. The minimum Gasteiger partial charge on any atom is -0.481 e. The number of aliphatic carboxylic acids is 1. The Morgan fingerprint density at radius 2 is 1.83 bits per heavy atom. The van der Waals surface area contributed by atoms with Gasteiger partial charge >= 0.3 is 5.97 Å². The fourth-order valence-electron chi connectivity index (χ4n) is 1.17. The van der Waals surface area contributed by atoms with Crippen LogP contribution in [0.1, 0.15) is 18.4 Å². The van der Waals surface area contributed by atoms with Crippen LogP contribution in [0.5, 0.6) is 0 Å². The van der Waals surface area contributed by atoms with E-state index in [0.29, 0.717) is 0 Å². The minimum atomic E-state index is -3.86. The molecule has 0 aliphatic carbocycles. The third kappa shape index (κ3) is 4.04. The number of halogens is 2. The molecule has 0 amide bonds. The molecule has 0 radical (unpaired) electrons. The lowest BCUT2D eigenvalue weighted by Crippen LogP contribution is -2.26. The molecule has 0 aliphatic rings. The Hall–Kier alpha value is -1.54. The summed E-state index contributed by atoms with van der Waals surface area (Å²) in [6.45, 7) is -0.256. The molecule has 0 heterocycles. The summed E-state index contributed by atoms with van der Waals surface area (Å²) in [7, 11) is -3.86. The van der Waals surface area contributed by atoms with E-state index in [1.54, 1.807) is 0 Å². The highest BCUT2D eigenvalue weighted by molar-refractivity contribution is 7.89. The van der Waals surface area contributed by atoms with Crippen molar-refractivity contribution in [1.82, 2.24) is 4.72 Å². The van der Waals surface area contributed by atoms with Crippen LogP contribution in [0, 0.1) is 0 Å². The second-order valence-corrected chi connectivity index (χ2v) is 5.18. The third-order valence-corrected chi connectivity index (χ3v) is 3.55. The summed E-state index contributed by atoms with van der Waals surface area (Å²) in [4.78, 5) is 10.0. The molecule has 1 aromatic rings. The SMILES string of the molecule is O=C(O)CCNS(=O)(=O)c1ccc(C(F)F)cc1. The molecule has 0 atom stereocenters. The van der Waals surface area contributed by atoms with Gasteiger partial charge in [0.2, 0.25) is 10.0 Å². The van der Waals surface area contributed by atoms with Gasteiger partial charge in [-0.3, -0.25) is 4.79 Å². The summed E-state index contributed by atoms with van der Waals surface area (Å²) in [5, 5.41) is 8.36. The van der Waals surface area contributed by atoms with Gasteiger partial charge in [-0.05, 0) is 12.1 Å². The van der Waals surface area contributed by atoms with E-state index in [4.69, 9.17) is 5.11 Å². The van der Waals surface area contributed by atoms with Crippen LogP contribution in [0.15, 0.2) is 29.2 Å². The van der Waals surface area contributed by atoms with Crippen molar-refractivity contribution in [1.29, 1.82) is 0 Å². The maximum Gasteiger partial charge on any atom is 0.304 e. The van der Waals surface area contributed by atoms with Gasteiger partial charge in [0, 0.05) is 12.1 Å². The summed E-state index contributed by atoms with van der Waals surface area (Å²) >= 11 is 0. The molecule has 0 unspecified atom stereocenters. The zero-order valence-electron chi connectivity index (χ0n) is 9.14. The Morgan fingerprint density at radius 1 is 1.28 bits per heavy atom. The largest absolute Gasteiger partial charge is 0.481 e. The van der Waals surface area contributed by atoms with Crippen molar-refractivity contribution in [3.8, 4) is 0 Å². The van der Waals surface area contributed by atoms with E-state index in [1.807, 2.05) is 0 Å². The number of carbonyl (C=O) groups is 1. The van der Waals surface area contributed by atoms with Gasteiger partial charge in [0.1, 0.15) is 0 Å². The van der Waals surface area contributed by atoms with Crippen LogP contribution in [0.25, 0.3) is 0 Å². The maximum absolute atomic E-state index is 12.3. The predicted octanol–water partition coefficient (Wildman–Crippen LogP) is 1.38. The zero-order valence-corrected chi connectivity index (χ0v) is 9.95. The van der Waals surface area contributed by atoms with E-state index in [1.165, 1.54) is 0 Å². The number of hydrogen-bond acceptors (Lipinski definition) is 3. The van der Waals surface area contributed by atoms with E-state index in [2.05, 4.69) is 4.72 Å². The van der Waals surface area contributed by atoms with Crippen LogP contribution < -0.4 is 4.72 Å². The van der Waals surface area contributed by atoms with Gasteiger partial charge in [-0.2, -0.15) is 0 Å². The Labute approximate surface area is 102 Å². The molecule has 0 aromatic heterocycles. The van der Waals surface area contributed by atoms with Gasteiger partial charge in [0.15, 0.2) is 0 Å². The van der Waals surface area contributed by atoms with E-state index >= 15 is 0 Å². The van der Waals surface area contributed by atoms with Gasteiger partial charge in [-0.15, -0.1) is 0 Å². The Bertz CT molecular complexity index is 513. The first-order valence-corrected chi connectivity index (χ1v) is 6.41. The van der Waals surface area contributed by atoms with Crippen molar-refractivity contribution in [2.45, 2.75) is 17.7 Å². The third-order valence-electron chi connectivity index (χ3n) is 2.07. The Kier molecular flexibility index (Phi) is 4.74. The van der Waals surface area contributed by atoms with Crippen LogP contribution in [0.3, 0.4) is 0 Å². The molecule has 100 valence electrons. The quantitative estimate of drug-likeness (QED) is 0.824. The lowest BCUT2D eigenvalue weighted by Gasteiger charge is -2.06. The molecule has 0 fully saturated rings. The smallest absolute Gasteiger partial charge is 0.304 e. The van der Waals surface area contributed by atoms with Crippen molar-refractivity contribution in [2.75, 3.05) is 6.54 Å². The summed E-state index contributed by atoms with van der Waals surface area (Å²) in [6.07, 6.45) is -3.02. The van der Waals surface area contributed by atoms with Gasteiger partial charge < -0.3 is 5.11 Å². The van der Waals surface area contributed by atoms with Gasteiger partial charge in [0.05, 0.1) is 11.3 Å². The number of carboxylic acids is 1. The normalized spacial score (nSPS) is 11.7. The molecule has 0 aliphatic heterocycles. The van der Waals surface area contributed by atoms with E-state index in [9.17, 15) is 22.0 Å². The highest BCUT2D eigenvalue weighted by atomic mass is 32.2. The maximum atomic E-state index is 12.3. The van der Waals surface area contributed by atoms with Gasteiger partial charge in [0.25, 0.3) is 6.43 Å². The Balaban J connectivity index is 2.76. The van der Waals surface area contributed by atoms with Crippen LogP contribution in [0.2, 0.25) is 0 Å². The predicted molar refractivity (Wildman–Crippen MR) is 58.8 cm³/mol. The topological polar surface area (TPSA) is 83.5 Å². The molecule has 0 saturated heterocycles. The van der Waals surface area contributed by atoms with E-state index in [-0.39, 0.29) is 23.4 Å². The lowest BCUT2D eigenvalue weighted by molar-refractivity contribution is -0.136. The summed E-state index contributed by atoms with van der Waals surface area (Å²) in [5.41, 5.74) is -0.278. The fraction of sp³-hybridized carbons (Fsp3) is 0.300. The highest BCUT2D eigenvalue weighted by Crippen LogP contribution is 2.20. The summed E-state index contributed by atoms with van der Waals surface area (Å²) < 4.78 is 49.8. The number of rotatable bonds is 6.